The van der Waals surface area contributed by atoms with Crippen molar-refractivity contribution in [2.24, 2.45) is 0 Å². The van der Waals surface area contributed by atoms with Crippen LogP contribution in [0.5, 0.6) is 0 Å². The molecule has 0 radical (unpaired) electrons. The number of nitrogens with one attached hydrogen (secondary N) is 2. The van der Waals surface area contributed by atoms with E-state index in [1.165, 1.54) is 24.3 Å². The van der Waals surface area contributed by atoms with Gasteiger partial charge in [-0.25, -0.2) is 4.39 Å². The van der Waals surface area contributed by atoms with Crippen molar-refractivity contribution >= 4 is 17.5 Å². The van der Waals surface area contributed by atoms with Gasteiger partial charge >= 0.3 is 0 Å². The number of hydrogen-bond donors (Lipinski definition) is 2. The van der Waals surface area contributed by atoms with Gasteiger partial charge in [0.05, 0.1) is 23.8 Å². The van der Waals surface area contributed by atoms with Crippen LogP contribution in [-0.2, 0) is 11.3 Å². The molecule has 2 heterocycles. The molecule has 0 aliphatic carbocycles. The number of pyridine rings is 1. The maximum absolute atomic E-state index is 13.1. The highest BCUT2D eigenvalue weighted by Crippen LogP contribution is 2.31. The van der Waals surface area contributed by atoms with Crippen LogP contribution in [0.3, 0.4) is 0 Å². The van der Waals surface area contributed by atoms with Gasteiger partial charge in [0.25, 0.3) is 5.91 Å². The van der Waals surface area contributed by atoms with E-state index in [1.807, 2.05) is 30.3 Å². The number of carbonyl (C=O) groups excluding carboxylic acids is 2. The molecule has 7 heteroatoms. The Morgan fingerprint density at radius 1 is 1.00 bits per heavy atom. The Labute approximate surface area is 192 Å². The summed E-state index contributed by atoms with van der Waals surface area (Å²) in [5.41, 5.74) is 2.79. The summed E-state index contributed by atoms with van der Waals surface area (Å²) in [5, 5.41) is 5.80. The fraction of sp³-hybridized carbons (Fsp3) is 0.269. The molecule has 2 aromatic carbocycles. The molecule has 1 saturated heterocycles. The zero-order chi connectivity index (χ0) is 23.0. The zero-order valence-corrected chi connectivity index (χ0v) is 18.3. The number of halogens is 1. The molecule has 1 aromatic heterocycles. The number of amides is 2. The van der Waals surface area contributed by atoms with E-state index >= 15 is 0 Å². The molecule has 0 bridgehead atoms. The molecule has 1 fully saturated rings. The molecular weight excluding hydrogens is 419 g/mol. The Morgan fingerprint density at radius 3 is 2.58 bits per heavy atom. The number of carbonyl (C=O) groups is 2. The minimum atomic E-state index is -0.350. The van der Waals surface area contributed by atoms with Crippen LogP contribution in [0.25, 0.3) is 0 Å². The average Bonchev–Trinajstić information content (AvgIpc) is 2.85. The molecule has 1 aliphatic rings. The molecule has 6 nitrogen and oxygen atoms in total. The minimum Gasteiger partial charge on any atom is -0.348 e. The van der Waals surface area contributed by atoms with Gasteiger partial charge in [0, 0.05) is 18.4 Å². The lowest BCUT2D eigenvalue weighted by Gasteiger charge is -2.35. The third-order valence-corrected chi connectivity index (χ3v) is 5.78. The zero-order valence-electron chi connectivity index (χ0n) is 18.3. The van der Waals surface area contributed by atoms with Gasteiger partial charge in [-0.3, -0.25) is 19.5 Å². The van der Waals surface area contributed by atoms with Crippen molar-refractivity contribution < 1.29 is 14.0 Å². The van der Waals surface area contributed by atoms with Crippen LogP contribution in [0.4, 0.5) is 10.1 Å². The summed E-state index contributed by atoms with van der Waals surface area (Å²) in [5.74, 6) is -0.708. The molecule has 2 N–H and O–H groups in total. The number of piperidine rings is 1. The van der Waals surface area contributed by atoms with Crippen molar-refractivity contribution in [3.8, 4) is 0 Å². The number of hydrogen-bond acceptors (Lipinski definition) is 4. The summed E-state index contributed by atoms with van der Waals surface area (Å²) in [6.45, 7) is 1.34. The van der Waals surface area contributed by atoms with Gasteiger partial charge in [-0.2, -0.15) is 0 Å². The molecule has 33 heavy (non-hydrogen) atoms. The predicted molar refractivity (Wildman–Crippen MR) is 125 cm³/mol. The van der Waals surface area contributed by atoms with Crippen LogP contribution in [-0.4, -0.2) is 34.8 Å². The van der Waals surface area contributed by atoms with Gasteiger partial charge in [-0.15, -0.1) is 0 Å². The van der Waals surface area contributed by atoms with Crippen molar-refractivity contribution in [1.82, 2.24) is 15.2 Å². The first-order valence-corrected chi connectivity index (χ1v) is 11.2. The van der Waals surface area contributed by atoms with Crippen molar-refractivity contribution in [2.45, 2.75) is 31.8 Å². The average molecular weight is 447 g/mol. The Morgan fingerprint density at radius 2 is 1.79 bits per heavy atom. The fourth-order valence-electron chi connectivity index (χ4n) is 4.16. The van der Waals surface area contributed by atoms with Gasteiger partial charge in [-0.1, -0.05) is 36.8 Å². The Kier molecular flexibility index (Phi) is 7.42. The third-order valence-electron chi connectivity index (χ3n) is 5.78. The first-order valence-electron chi connectivity index (χ1n) is 11.2. The predicted octanol–water partition coefficient (Wildman–Crippen LogP) is 4.32. The Hall–Kier alpha value is -3.58. The van der Waals surface area contributed by atoms with Gasteiger partial charge in [-0.05, 0) is 61.3 Å². The van der Waals surface area contributed by atoms with E-state index in [4.69, 9.17) is 0 Å². The van der Waals surface area contributed by atoms with Crippen molar-refractivity contribution in [3.63, 3.8) is 0 Å². The largest absolute Gasteiger partial charge is 0.348 e. The number of likely N-dealkylation sites (tertiary alicyclic amines) is 1. The van der Waals surface area contributed by atoms with Gasteiger partial charge < -0.3 is 10.6 Å². The second-order valence-electron chi connectivity index (χ2n) is 8.14. The summed E-state index contributed by atoms with van der Waals surface area (Å²) in [7, 11) is 0. The van der Waals surface area contributed by atoms with Crippen LogP contribution in [0.1, 0.15) is 46.9 Å². The van der Waals surface area contributed by atoms with Crippen LogP contribution >= 0.6 is 0 Å². The third kappa shape index (κ3) is 6.02. The van der Waals surface area contributed by atoms with E-state index in [0.717, 1.165) is 31.4 Å². The van der Waals surface area contributed by atoms with E-state index in [9.17, 15) is 14.0 Å². The highest BCUT2D eigenvalue weighted by Gasteiger charge is 2.30. The molecule has 0 saturated carbocycles. The second kappa shape index (κ2) is 10.8. The van der Waals surface area contributed by atoms with Crippen molar-refractivity contribution in [3.05, 3.63) is 95.6 Å². The van der Waals surface area contributed by atoms with Crippen LogP contribution in [0.15, 0.2) is 72.9 Å². The summed E-state index contributed by atoms with van der Waals surface area (Å²) >= 11 is 0. The highest BCUT2D eigenvalue weighted by atomic mass is 19.1. The molecule has 170 valence electrons. The van der Waals surface area contributed by atoms with Gasteiger partial charge in [0.1, 0.15) is 5.82 Å². The van der Waals surface area contributed by atoms with E-state index in [-0.39, 0.29) is 30.2 Å². The lowest BCUT2D eigenvalue weighted by Crippen LogP contribution is -2.40. The quantitative estimate of drug-likeness (QED) is 0.567. The van der Waals surface area contributed by atoms with Crippen molar-refractivity contribution in [2.75, 3.05) is 18.4 Å². The first kappa shape index (κ1) is 22.6. The molecule has 1 atom stereocenters. The summed E-state index contributed by atoms with van der Waals surface area (Å²) in [4.78, 5) is 32.3. The van der Waals surface area contributed by atoms with Crippen LogP contribution in [0.2, 0.25) is 0 Å². The summed E-state index contributed by atoms with van der Waals surface area (Å²) in [6.07, 6.45) is 4.49. The molecule has 0 spiro atoms. The maximum atomic E-state index is 13.1. The number of anilines is 1. The highest BCUT2D eigenvalue weighted by molar-refractivity contribution is 5.95. The fourth-order valence-corrected chi connectivity index (χ4v) is 4.16. The lowest BCUT2D eigenvalue weighted by molar-refractivity contribution is -0.118. The summed E-state index contributed by atoms with van der Waals surface area (Å²) < 4.78 is 13.1. The standard InChI is InChI=1S/C26H27FN4O2/c27-20-11-13-21(14-12-20)30-24(32)18-31-16-5-4-10-23(31)25-22(9-6-15-28-25)26(33)29-17-19-7-2-1-3-8-19/h1-3,6-9,11-15,23H,4-5,10,16-18H2,(H,29,33)(H,30,32). The lowest BCUT2D eigenvalue weighted by atomic mass is 9.95. The molecule has 1 unspecified atom stereocenters. The summed E-state index contributed by atoms with van der Waals surface area (Å²) in [6, 6.07) is 18.9. The topological polar surface area (TPSA) is 74.3 Å². The van der Waals surface area contributed by atoms with E-state index in [1.54, 1.807) is 18.3 Å². The van der Waals surface area contributed by atoms with Crippen LogP contribution < -0.4 is 10.6 Å². The molecule has 1 aliphatic heterocycles. The smallest absolute Gasteiger partial charge is 0.253 e. The van der Waals surface area contributed by atoms with Crippen molar-refractivity contribution in [1.29, 1.82) is 0 Å². The van der Waals surface area contributed by atoms with E-state index < -0.39 is 0 Å². The number of benzene rings is 2. The normalized spacial score (nSPS) is 16.2. The number of rotatable bonds is 7. The maximum Gasteiger partial charge on any atom is 0.253 e. The number of nitrogens with zero attached hydrogens (tertiary/aromatic N) is 2. The molecular formula is C26H27FN4O2. The molecule has 4 rings (SSSR count). The molecule has 2 amide bonds. The number of aromatic nitrogens is 1. The first-order chi connectivity index (χ1) is 16.1. The van der Waals surface area contributed by atoms with Gasteiger partial charge in [0.15, 0.2) is 0 Å². The SMILES string of the molecule is O=C(CN1CCCCC1c1ncccc1C(=O)NCc1ccccc1)Nc1ccc(F)cc1. The monoisotopic (exact) mass is 446 g/mol. The van der Waals surface area contributed by atoms with Gasteiger partial charge in [0.2, 0.25) is 5.91 Å². The Balaban J connectivity index is 1.46. The van der Waals surface area contributed by atoms with E-state index in [0.29, 0.717) is 23.5 Å². The van der Waals surface area contributed by atoms with E-state index in [2.05, 4.69) is 20.5 Å². The molecule has 3 aromatic rings. The Bertz CT molecular complexity index is 1090. The minimum absolute atomic E-state index is 0.128. The second-order valence-corrected chi connectivity index (χ2v) is 8.14. The van der Waals surface area contributed by atoms with Crippen LogP contribution in [0, 0.1) is 5.82 Å².